The number of aliphatic hydroxyl groups excluding tert-OH is 1. The third-order valence-electron chi connectivity index (χ3n) is 7.15. The molecule has 1 fully saturated rings. The van der Waals surface area contributed by atoms with Gasteiger partial charge < -0.3 is 33.5 Å². The van der Waals surface area contributed by atoms with Crippen LogP contribution in [0.15, 0.2) is 54.6 Å². The van der Waals surface area contributed by atoms with Crippen LogP contribution in [0.2, 0.25) is 0 Å². The molecule has 0 saturated carbocycles. The van der Waals surface area contributed by atoms with Crippen LogP contribution in [0.3, 0.4) is 0 Å². The van der Waals surface area contributed by atoms with Crippen molar-refractivity contribution < 1.29 is 43.1 Å². The minimum absolute atomic E-state index is 0.0110. The van der Waals surface area contributed by atoms with Crippen LogP contribution >= 0.6 is 0 Å². The molecule has 0 aliphatic carbocycles. The molecule has 0 amide bonds. The van der Waals surface area contributed by atoms with Crippen LogP contribution in [-0.2, 0) is 44.6 Å². The van der Waals surface area contributed by atoms with E-state index in [0.717, 1.165) is 5.56 Å². The molecular formula is C31H46O9. The van der Waals surface area contributed by atoms with Gasteiger partial charge in [0.05, 0.1) is 31.3 Å². The highest BCUT2D eigenvalue weighted by molar-refractivity contribution is 5.83. The maximum atomic E-state index is 12.9. The Bertz CT molecular complexity index is 1010. The number of carbonyl (C=O) groups is 2. The molecule has 9 nitrogen and oxygen atoms in total. The molecule has 0 bridgehead atoms. The van der Waals surface area contributed by atoms with E-state index < -0.39 is 53.0 Å². The second kappa shape index (κ2) is 14.4. The number of benzene rings is 1. The molecule has 0 spiro atoms. The first-order chi connectivity index (χ1) is 18.7. The zero-order valence-electron chi connectivity index (χ0n) is 25.1. The normalized spacial score (nSPS) is 24.3. The van der Waals surface area contributed by atoms with Crippen molar-refractivity contribution in [2.45, 2.75) is 91.2 Å². The maximum absolute atomic E-state index is 12.9. The minimum Gasteiger partial charge on any atom is -0.466 e. The second-order valence-electron chi connectivity index (χ2n) is 11.6. The fourth-order valence-electron chi connectivity index (χ4n) is 4.43. The molecular weight excluding hydrogens is 516 g/mol. The summed E-state index contributed by atoms with van der Waals surface area (Å²) in [6.07, 6.45) is 0.0681. The molecule has 2 rings (SSSR count). The van der Waals surface area contributed by atoms with Crippen molar-refractivity contribution in [3.8, 4) is 0 Å². The lowest BCUT2D eigenvalue weighted by Crippen LogP contribution is -2.62. The van der Waals surface area contributed by atoms with Gasteiger partial charge in [-0.1, -0.05) is 50.3 Å². The van der Waals surface area contributed by atoms with E-state index in [2.05, 4.69) is 6.58 Å². The third kappa shape index (κ3) is 8.47. The Morgan fingerprint density at radius 1 is 1.18 bits per heavy atom. The lowest BCUT2D eigenvalue weighted by molar-refractivity contribution is -0.337. The van der Waals surface area contributed by atoms with E-state index in [1.54, 1.807) is 33.8 Å². The SMILES string of the molecule is C=CC(C)(C)[C@]1(OC)O[C@H](C[C@@H](OC(=O)C(C)(C)C)[C@@H](C)OCOCc2ccccc2)C/C(=C\C(=O)OC)[C@@H]1O. The van der Waals surface area contributed by atoms with E-state index in [9.17, 15) is 14.7 Å². The summed E-state index contributed by atoms with van der Waals surface area (Å²) >= 11 is 0. The summed E-state index contributed by atoms with van der Waals surface area (Å²) in [5.74, 6) is -2.58. The molecule has 1 saturated heterocycles. The molecule has 1 aliphatic heterocycles. The smallest absolute Gasteiger partial charge is 0.330 e. The highest BCUT2D eigenvalue weighted by Crippen LogP contribution is 2.47. The van der Waals surface area contributed by atoms with Gasteiger partial charge in [-0.25, -0.2) is 4.79 Å². The second-order valence-corrected chi connectivity index (χ2v) is 11.6. The number of methoxy groups -OCH3 is 2. The van der Waals surface area contributed by atoms with E-state index in [0.29, 0.717) is 12.2 Å². The zero-order chi connectivity index (χ0) is 30.1. The molecule has 1 heterocycles. The lowest BCUT2D eigenvalue weighted by Gasteiger charge is -2.52. The standard InChI is InChI=1S/C31H46O9/c1-10-30(6,7)31(36-9)27(33)23(17-26(32)35-8)16-24(40-31)18-25(39-28(34)29(3,4)5)21(2)38-20-37-19-22-14-12-11-13-15-22/h10-15,17,21,24-25,27,33H,1,16,18-20H2,2-9H3/b23-17+/t21-,24+,25-,27+,31-/m1/s1. The molecule has 5 atom stereocenters. The summed E-state index contributed by atoms with van der Waals surface area (Å²) in [5, 5.41) is 11.3. The molecule has 9 heteroatoms. The molecule has 1 N–H and O–H groups in total. The van der Waals surface area contributed by atoms with E-state index in [-0.39, 0.29) is 19.6 Å². The fraction of sp³-hybridized carbons (Fsp3) is 0.613. The van der Waals surface area contributed by atoms with Crippen molar-refractivity contribution in [3.63, 3.8) is 0 Å². The molecule has 0 aromatic heterocycles. The summed E-state index contributed by atoms with van der Waals surface area (Å²) in [5.41, 5.74) is -0.238. The average Bonchev–Trinajstić information content (AvgIpc) is 2.91. The summed E-state index contributed by atoms with van der Waals surface area (Å²) in [7, 11) is 2.69. The Morgan fingerprint density at radius 3 is 2.38 bits per heavy atom. The Hall–Kier alpha value is -2.56. The molecule has 0 radical (unpaired) electrons. The number of ether oxygens (including phenoxy) is 6. The summed E-state index contributed by atoms with van der Waals surface area (Å²) < 4.78 is 34.7. The van der Waals surface area contributed by atoms with E-state index >= 15 is 0 Å². The monoisotopic (exact) mass is 562 g/mol. The largest absolute Gasteiger partial charge is 0.466 e. The first-order valence-electron chi connectivity index (χ1n) is 13.5. The number of carbonyl (C=O) groups excluding carboxylic acids is 2. The first-order valence-corrected chi connectivity index (χ1v) is 13.5. The van der Waals surface area contributed by atoms with Gasteiger partial charge in [0.1, 0.15) is 19.0 Å². The first kappa shape index (κ1) is 33.6. The molecule has 40 heavy (non-hydrogen) atoms. The van der Waals surface area contributed by atoms with Crippen LogP contribution in [-0.4, -0.2) is 68.3 Å². The van der Waals surface area contributed by atoms with Gasteiger partial charge in [-0.2, -0.15) is 0 Å². The number of aliphatic hydroxyl groups is 1. The number of hydrogen-bond donors (Lipinski definition) is 1. The van der Waals surface area contributed by atoms with Crippen LogP contribution in [0.5, 0.6) is 0 Å². The van der Waals surface area contributed by atoms with Gasteiger partial charge >= 0.3 is 11.9 Å². The zero-order valence-corrected chi connectivity index (χ0v) is 25.1. The average molecular weight is 563 g/mol. The molecule has 1 aliphatic rings. The van der Waals surface area contributed by atoms with Gasteiger partial charge in [0.25, 0.3) is 0 Å². The topological polar surface area (TPSA) is 110 Å². The Morgan fingerprint density at radius 2 is 1.82 bits per heavy atom. The highest BCUT2D eigenvalue weighted by Gasteiger charge is 2.56. The predicted molar refractivity (Wildman–Crippen MR) is 150 cm³/mol. The maximum Gasteiger partial charge on any atom is 0.330 e. The fourth-order valence-corrected chi connectivity index (χ4v) is 4.43. The van der Waals surface area contributed by atoms with Crippen molar-refractivity contribution in [1.29, 1.82) is 0 Å². The van der Waals surface area contributed by atoms with Crippen molar-refractivity contribution in [1.82, 2.24) is 0 Å². The lowest BCUT2D eigenvalue weighted by atomic mass is 9.74. The van der Waals surface area contributed by atoms with Crippen molar-refractivity contribution in [2.75, 3.05) is 21.0 Å². The number of hydrogen-bond acceptors (Lipinski definition) is 9. The molecule has 224 valence electrons. The van der Waals surface area contributed by atoms with Crippen LogP contribution in [0, 0.1) is 10.8 Å². The van der Waals surface area contributed by atoms with Crippen molar-refractivity contribution in [3.05, 3.63) is 60.2 Å². The predicted octanol–water partition coefficient (Wildman–Crippen LogP) is 4.72. The van der Waals surface area contributed by atoms with Crippen LogP contribution in [0.4, 0.5) is 0 Å². The van der Waals surface area contributed by atoms with Gasteiger partial charge in [-0.05, 0) is 45.3 Å². The van der Waals surface area contributed by atoms with Gasteiger partial charge in [-0.3, -0.25) is 4.79 Å². The highest BCUT2D eigenvalue weighted by atomic mass is 16.7. The van der Waals surface area contributed by atoms with Gasteiger partial charge in [0, 0.05) is 25.0 Å². The van der Waals surface area contributed by atoms with E-state index in [4.69, 9.17) is 28.4 Å². The third-order valence-corrected chi connectivity index (χ3v) is 7.15. The number of rotatable bonds is 13. The number of esters is 2. The molecule has 1 aromatic carbocycles. The quantitative estimate of drug-likeness (QED) is 0.120. The minimum atomic E-state index is -1.57. The molecule has 1 aromatic rings. The van der Waals surface area contributed by atoms with Crippen LogP contribution in [0.1, 0.15) is 59.9 Å². The van der Waals surface area contributed by atoms with Gasteiger partial charge in [0.2, 0.25) is 5.79 Å². The molecule has 0 unspecified atom stereocenters. The van der Waals surface area contributed by atoms with Gasteiger partial charge in [0.15, 0.2) is 0 Å². The Labute approximate surface area is 238 Å². The van der Waals surface area contributed by atoms with Gasteiger partial charge in [-0.15, -0.1) is 6.58 Å². The summed E-state index contributed by atoms with van der Waals surface area (Å²) in [6, 6.07) is 9.71. The van der Waals surface area contributed by atoms with Crippen LogP contribution in [0.25, 0.3) is 0 Å². The summed E-state index contributed by atoms with van der Waals surface area (Å²) in [6.45, 7) is 15.0. The summed E-state index contributed by atoms with van der Waals surface area (Å²) in [4.78, 5) is 25.1. The van der Waals surface area contributed by atoms with E-state index in [1.807, 2.05) is 44.2 Å². The Kier molecular flexibility index (Phi) is 12.1. The van der Waals surface area contributed by atoms with E-state index in [1.165, 1.54) is 20.3 Å². The van der Waals surface area contributed by atoms with Crippen molar-refractivity contribution in [2.24, 2.45) is 10.8 Å². The Balaban J connectivity index is 2.31. The van der Waals surface area contributed by atoms with Crippen LogP contribution < -0.4 is 0 Å². The van der Waals surface area contributed by atoms with Crippen molar-refractivity contribution >= 4 is 11.9 Å².